The number of halogens is 1. The van der Waals surface area contributed by atoms with E-state index in [0.29, 0.717) is 41.8 Å². The second-order valence-electron chi connectivity index (χ2n) is 6.62. The van der Waals surface area contributed by atoms with Crippen molar-refractivity contribution >= 4 is 27.5 Å². The van der Waals surface area contributed by atoms with Crippen LogP contribution < -0.4 is 9.47 Å². The molecule has 2 aromatic rings. The van der Waals surface area contributed by atoms with E-state index in [2.05, 4.69) is 6.58 Å². The molecule has 0 bridgehead atoms. The second kappa shape index (κ2) is 9.51. The smallest absolute Gasteiger partial charge is 0.254 e. The van der Waals surface area contributed by atoms with E-state index in [1.807, 2.05) is 0 Å². The average molecular weight is 451 g/mol. The number of methoxy groups -OCH3 is 1. The highest BCUT2D eigenvalue weighted by Crippen LogP contribution is 2.29. The molecule has 1 heterocycles. The number of piperazine rings is 1. The molecule has 2 aromatic carbocycles. The van der Waals surface area contributed by atoms with Crippen molar-refractivity contribution in [2.24, 2.45) is 0 Å². The van der Waals surface area contributed by atoms with Crippen LogP contribution >= 0.6 is 11.6 Å². The van der Waals surface area contributed by atoms with E-state index < -0.39 is 10.0 Å². The number of ether oxygens (including phenoxy) is 2. The molecule has 1 fully saturated rings. The molecule has 7 nitrogen and oxygen atoms in total. The highest BCUT2D eigenvalue weighted by molar-refractivity contribution is 7.89. The molecule has 0 spiro atoms. The van der Waals surface area contributed by atoms with Crippen LogP contribution in [-0.4, -0.2) is 63.4 Å². The number of hydrogen-bond donors (Lipinski definition) is 0. The Morgan fingerprint density at radius 3 is 2.37 bits per heavy atom. The lowest BCUT2D eigenvalue weighted by Crippen LogP contribution is -2.50. The van der Waals surface area contributed by atoms with Gasteiger partial charge >= 0.3 is 0 Å². The van der Waals surface area contributed by atoms with Crippen LogP contribution in [0.25, 0.3) is 0 Å². The average Bonchev–Trinajstić information content (AvgIpc) is 2.77. The predicted molar refractivity (Wildman–Crippen MR) is 115 cm³/mol. The highest BCUT2D eigenvalue weighted by Gasteiger charge is 2.30. The van der Waals surface area contributed by atoms with Crippen LogP contribution in [-0.2, 0) is 10.0 Å². The van der Waals surface area contributed by atoms with E-state index in [-0.39, 0.29) is 23.9 Å². The molecule has 0 atom stereocenters. The zero-order chi connectivity index (χ0) is 21.7. The quantitative estimate of drug-likeness (QED) is 0.606. The monoisotopic (exact) mass is 450 g/mol. The first-order valence-corrected chi connectivity index (χ1v) is 11.2. The van der Waals surface area contributed by atoms with Crippen LogP contribution in [0.5, 0.6) is 11.5 Å². The Bertz CT molecular complexity index is 1020. The largest absolute Gasteiger partial charge is 0.493 e. The number of amides is 1. The van der Waals surface area contributed by atoms with Crippen molar-refractivity contribution in [2.75, 3.05) is 39.9 Å². The van der Waals surface area contributed by atoms with Gasteiger partial charge in [-0.1, -0.05) is 24.3 Å². The van der Waals surface area contributed by atoms with Gasteiger partial charge in [0.1, 0.15) is 6.61 Å². The number of carbonyl (C=O) groups excluding carboxylic acids is 1. The van der Waals surface area contributed by atoms with E-state index in [0.717, 1.165) is 0 Å². The maximum atomic E-state index is 12.9. The lowest BCUT2D eigenvalue weighted by Gasteiger charge is -2.34. The fourth-order valence-electron chi connectivity index (χ4n) is 3.14. The number of hydrogen-bond acceptors (Lipinski definition) is 5. The topological polar surface area (TPSA) is 76.2 Å². The summed E-state index contributed by atoms with van der Waals surface area (Å²) in [6.07, 6.45) is 1.62. The van der Waals surface area contributed by atoms with Gasteiger partial charge in [-0.3, -0.25) is 4.79 Å². The van der Waals surface area contributed by atoms with Gasteiger partial charge in [0.15, 0.2) is 11.5 Å². The molecule has 1 aliphatic heterocycles. The summed E-state index contributed by atoms with van der Waals surface area (Å²) in [6.45, 7) is 4.95. The van der Waals surface area contributed by atoms with Crippen molar-refractivity contribution in [3.05, 3.63) is 65.7 Å². The molecule has 1 aliphatic rings. The molecule has 0 aromatic heterocycles. The van der Waals surface area contributed by atoms with Crippen LogP contribution in [0.1, 0.15) is 10.4 Å². The lowest BCUT2D eigenvalue weighted by atomic mass is 10.1. The van der Waals surface area contributed by atoms with E-state index in [1.165, 1.54) is 23.5 Å². The Kier molecular flexibility index (Phi) is 7.02. The van der Waals surface area contributed by atoms with Gasteiger partial charge in [-0.05, 0) is 42.5 Å². The van der Waals surface area contributed by atoms with E-state index >= 15 is 0 Å². The first kappa shape index (κ1) is 22.1. The van der Waals surface area contributed by atoms with Crippen molar-refractivity contribution in [1.82, 2.24) is 9.21 Å². The summed E-state index contributed by atoms with van der Waals surface area (Å²) >= 11 is 5.84. The SMILES string of the molecule is C=CCOc1ccc(C(=O)N2CCN(S(=O)(=O)c3ccc(Cl)cc3)CC2)cc1OC. The maximum absolute atomic E-state index is 12.9. The van der Waals surface area contributed by atoms with Crippen molar-refractivity contribution in [1.29, 1.82) is 0 Å². The molecule has 3 rings (SSSR count). The van der Waals surface area contributed by atoms with Crippen LogP contribution in [0.4, 0.5) is 0 Å². The van der Waals surface area contributed by atoms with E-state index in [1.54, 1.807) is 41.3 Å². The fraction of sp³-hybridized carbons (Fsp3) is 0.286. The molecule has 0 unspecified atom stereocenters. The Balaban J connectivity index is 1.68. The molecule has 1 amide bonds. The Morgan fingerprint density at radius 2 is 1.77 bits per heavy atom. The molecule has 160 valence electrons. The maximum Gasteiger partial charge on any atom is 0.254 e. The van der Waals surface area contributed by atoms with Crippen molar-refractivity contribution in [2.45, 2.75) is 4.90 Å². The van der Waals surface area contributed by atoms with Crippen LogP contribution in [0, 0.1) is 0 Å². The van der Waals surface area contributed by atoms with Crippen LogP contribution in [0.2, 0.25) is 5.02 Å². The number of nitrogens with zero attached hydrogens (tertiary/aromatic N) is 2. The minimum Gasteiger partial charge on any atom is -0.493 e. The standard InChI is InChI=1S/C21H23ClN2O5S/c1-3-14-29-19-9-4-16(15-20(19)28-2)21(25)23-10-12-24(13-11-23)30(26,27)18-7-5-17(22)6-8-18/h3-9,15H,1,10-14H2,2H3. The van der Waals surface area contributed by atoms with Gasteiger partial charge in [0.25, 0.3) is 5.91 Å². The third-order valence-electron chi connectivity index (χ3n) is 4.74. The van der Waals surface area contributed by atoms with Gasteiger partial charge in [0, 0.05) is 36.8 Å². The number of rotatable bonds is 7. The first-order valence-electron chi connectivity index (χ1n) is 9.33. The second-order valence-corrected chi connectivity index (χ2v) is 8.99. The third-order valence-corrected chi connectivity index (χ3v) is 6.91. The molecule has 1 saturated heterocycles. The molecule has 0 radical (unpaired) electrons. The first-order chi connectivity index (χ1) is 14.4. The van der Waals surface area contributed by atoms with Crippen molar-refractivity contribution in [3.63, 3.8) is 0 Å². The van der Waals surface area contributed by atoms with Gasteiger partial charge in [0.2, 0.25) is 10.0 Å². The Labute approximate surface area is 181 Å². The number of sulfonamides is 1. The number of carbonyl (C=O) groups is 1. The van der Waals surface area contributed by atoms with Gasteiger partial charge in [0.05, 0.1) is 12.0 Å². The van der Waals surface area contributed by atoms with Gasteiger partial charge in [-0.25, -0.2) is 8.42 Å². The van der Waals surface area contributed by atoms with Crippen LogP contribution in [0.3, 0.4) is 0 Å². The molecule has 30 heavy (non-hydrogen) atoms. The highest BCUT2D eigenvalue weighted by atomic mass is 35.5. The molecule has 0 saturated carbocycles. The van der Waals surface area contributed by atoms with E-state index in [9.17, 15) is 13.2 Å². The minimum absolute atomic E-state index is 0.187. The molecular weight excluding hydrogens is 428 g/mol. The zero-order valence-electron chi connectivity index (χ0n) is 16.6. The Morgan fingerprint density at radius 1 is 1.10 bits per heavy atom. The van der Waals surface area contributed by atoms with Gasteiger partial charge < -0.3 is 14.4 Å². The fourth-order valence-corrected chi connectivity index (χ4v) is 4.69. The summed E-state index contributed by atoms with van der Waals surface area (Å²) in [7, 11) is -2.12. The number of benzene rings is 2. The molecular formula is C21H23ClN2O5S. The van der Waals surface area contributed by atoms with Gasteiger partial charge in [-0.15, -0.1) is 0 Å². The minimum atomic E-state index is -3.63. The van der Waals surface area contributed by atoms with Crippen molar-refractivity contribution in [3.8, 4) is 11.5 Å². The summed E-state index contributed by atoms with van der Waals surface area (Å²) in [4.78, 5) is 14.7. The molecule has 9 heteroatoms. The third kappa shape index (κ3) is 4.77. The predicted octanol–water partition coefficient (Wildman–Crippen LogP) is 3.06. The summed E-state index contributed by atoms with van der Waals surface area (Å²) in [6, 6.07) is 11.0. The zero-order valence-corrected chi connectivity index (χ0v) is 18.2. The normalized spacial score (nSPS) is 14.9. The summed E-state index contributed by atoms with van der Waals surface area (Å²) in [5.41, 5.74) is 0.451. The van der Waals surface area contributed by atoms with E-state index in [4.69, 9.17) is 21.1 Å². The van der Waals surface area contributed by atoms with Gasteiger partial charge in [-0.2, -0.15) is 4.31 Å². The molecule has 0 N–H and O–H groups in total. The van der Waals surface area contributed by atoms with Crippen LogP contribution in [0.15, 0.2) is 60.0 Å². The summed E-state index contributed by atoms with van der Waals surface area (Å²) < 4.78 is 37.8. The summed E-state index contributed by atoms with van der Waals surface area (Å²) in [5.74, 6) is 0.784. The molecule has 0 aliphatic carbocycles. The Hall–Kier alpha value is -2.55. The lowest BCUT2D eigenvalue weighted by molar-refractivity contribution is 0.0697. The van der Waals surface area contributed by atoms with Crippen molar-refractivity contribution < 1.29 is 22.7 Å². The summed E-state index contributed by atoms with van der Waals surface area (Å²) in [5, 5.41) is 0.473.